The number of para-hydroxylation sites is 2. The number of phenols is 1. The zero-order chi connectivity index (χ0) is 18.7. The number of carbonyl (C=O) groups is 2. The molecule has 0 saturated heterocycles. The second kappa shape index (κ2) is 7.28. The highest BCUT2D eigenvalue weighted by atomic mass is 16.7. The van der Waals surface area contributed by atoms with Crippen molar-refractivity contribution in [2.24, 2.45) is 0 Å². The van der Waals surface area contributed by atoms with E-state index in [0.717, 1.165) is 0 Å². The van der Waals surface area contributed by atoms with E-state index in [2.05, 4.69) is 5.32 Å². The summed E-state index contributed by atoms with van der Waals surface area (Å²) in [5.41, 5.74) is 0.524. The van der Waals surface area contributed by atoms with Crippen LogP contribution in [0.15, 0.2) is 54.2 Å². The van der Waals surface area contributed by atoms with Crippen LogP contribution < -0.4 is 10.1 Å². The van der Waals surface area contributed by atoms with Crippen LogP contribution in [0.2, 0.25) is 0 Å². The maximum atomic E-state index is 12.8. The molecule has 26 heavy (non-hydrogen) atoms. The molecule has 2 aromatic carbocycles. The topological polar surface area (TPSA) is 105 Å². The van der Waals surface area contributed by atoms with Crippen molar-refractivity contribution in [1.82, 2.24) is 0 Å². The second-order valence-electron chi connectivity index (χ2n) is 5.48. The van der Waals surface area contributed by atoms with Gasteiger partial charge < -0.3 is 25.0 Å². The molecular formula is C19H17NO6. The number of hydrogen-bond donors (Lipinski definition) is 3. The van der Waals surface area contributed by atoms with Crippen molar-refractivity contribution in [1.29, 1.82) is 0 Å². The molecule has 0 fully saturated rings. The molecule has 1 heterocycles. The highest BCUT2D eigenvalue weighted by Crippen LogP contribution is 2.32. The average Bonchev–Trinajstić information content (AvgIpc) is 2.62. The molecule has 0 radical (unpaired) electrons. The van der Waals surface area contributed by atoms with E-state index in [-0.39, 0.29) is 22.6 Å². The lowest BCUT2D eigenvalue weighted by Gasteiger charge is -2.27. The van der Waals surface area contributed by atoms with E-state index in [9.17, 15) is 14.7 Å². The van der Waals surface area contributed by atoms with Crippen molar-refractivity contribution in [3.05, 3.63) is 65.4 Å². The van der Waals surface area contributed by atoms with E-state index in [1.54, 1.807) is 31.2 Å². The molecule has 3 N–H and O–H groups in total. The molecule has 3 rings (SSSR count). The van der Waals surface area contributed by atoms with Crippen molar-refractivity contribution in [3.63, 3.8) is 0 Å². The van der Waals surface area contributed by atoms with Crippen molar-refractivity contribution >= 4 is 17.4 Å². The van der Waals surface area contributed by atoms with Crippen molar-refractivity contribution in [3.8, 4) is 11.5 Å². The number of carboxylic acid groups (broad SMARTS) is 1. The standard InChI is InChI=1S/C19H17NO6/c1-2-25-19-13(16(21)11-6-3-4-9-15(11)26-19)10-20-14-8-5-7-12(17(14)22)18(23)24/h3-10,19-20,22H,2H2,1H3,(H,23,24)/b13-10+. The third-order valence-corrected chi connectivity index (χ3v) is 3.85. The molecule has 0 saturated carbocycles. The predicted molar refractivity (Wildman–Crippen MR) is 93.6 cm³/mol. The highest BCUT2D eigenvalue weighted by Gasteiger charge is 2.32. The molecule has 7 heteroatoms. The molecule has 0 aliphatic carbocycles. The second-order valence-corrected chi connectivity index (χ2v) is 5.48. The zero-order valence-electron chi connectivity index (χ0n) is 13.9. The molecule has 1 unspecified atom stereocenters. The van der Waals surface area contributed by atoms with Crippen molar-refractivity contribution in [2.75, 3.05) is 11.9 Å². The largest absolute Gasteiger partial charge is 0.505 e. The summed E-state index contributed by atoms with van der Waals surface area (Å²) in [6, 6.07) is 11.1. The Kier molecular flexibility index (Phi) is 4.90. The van der Waals surface area contributed by atoms with Crippen molar-refractivity contribution in [2.45, 2.75) is 13.2 Å². The van der Waals surface area contributed by atoms with Crippen LogP contribution in [0.3, 0.4) is 0 Å². The number of carboxylic acids is 1. The number of benzene rings is 2. The Hall–Kier alpha value is -3.32. The number of rotatable bonds is 5. The minimum atomic E-state index is -1.25. The number of hydrogen-bond acceptors (Lipinski definition) is 6. The summed E-state index contributed by atoms with van der Waals surface area (Å²) in [6.07, 6.45) is 0.457. The quantitative estimate of drug-likeness (QED) is 0.559. The third kappa shape index (κ3) is 3.25. The Morgan fingerprint density at radius 1 is 1.27 bits per heavy atom. The van der Waals surface area contributed by atoms with Crippen LogP contribution in [0.25, 0.3) is 0 Å². The Balaban J connectivity index is 1.95. The Labute approximate surface area is 149 Å². The first-order valence-corrected chi connectivity index (χ1v) is 7.96. The first kappa shape index (κ1) is 17.5. The number of aromatic hydroxyl groups is 1. The Bertz CT molecular complexity index is 889. The van der Waals surface area contributed by atoms with E-state index < -0.39 is 18.0 Å². The van der Waals surface area contributed by atoms with Gasteiger partial charge in [0.1, 0.15) is 11.3 Å². The first-order valence-electron chi connectivity index (χ1n) is 7.96. The molecular weight excluding hydrogens is 338 g/mol. The van der Waals surface area contributed by atoms with Gasteiger partial charge in [-0.3, -0.25) is 4.79 Å². The average molecular weight is 355 g/mol. The number of carbonyl (C=O) groups excluding carboxylic acids is 1. The third-order valence-electron chi connectivity index (χ3n) is 3.85. The van der Waals surface area contributed by atoms with Gasteiger partial charge in [-0.05, 0) is 31.2 Å². The van der Waals surface area contributed by atoms with Crippen molar-refractivity contribution < 1.29 is 29.3 Å². The number of nitrogens with one attached hydrogen (secondary N) is 1. The first-order chi connectivity index (χ1) is 12.5. The maximum Gasteiger partial charge on any atom is 0.339 e. The fourth-order valence-electron chi connectivity index (χ4n) is 2.60. The molecule has 7 nitrogen and oxygen atoms in total. The van der Waals surface area contributed by atoms with Crippen LogP contribution >= 0.6 is 0 Å². The van der Waals surface area contributed by atoms with Gasteiger partial charge in [0.15, 0.2) is 11.5 Å². The summed E-state index contributed by atoms with van der Waals surface area (Å²) in [6.45, 7) is 2.11. The normalized spacial score (nSPS) is 17.5. The smallest absolute Gasteiger partial charge is 0.339 e. The monoisotopic (exact) mass is 355 g/mol. The Morgan fingerprint density at radius 2 is 2.04 bits per heavy atom. The maximum absolute atomic E-state index is 12.8. The molecule has 0 spiro atoms. The van der Waals surface area contributed by atoms with Crippen LogP contribution in [0.4, 0.5) is 5.69 Å². The molecule has 134 valence electrons. The van der Waals surface area contributed by atoms with Gasteiger partial charge >= 0.3 is 5.97 Å². The van der Waals surface area contributed by atoms with E-state index >= 15 is 0 Å². The van der Waals surface area contributed by atoms with Gasteiger partial charge in [0.2, 0.25) is 6.29 Å². The summed E-state index contributed by atoms with van der Waals surface area (Å²) in [7, 11) is 0. The summed E-state index contributed by atoms with van der Waals surface area (Å²) < 4.78 is 11.2. The molecule has 1 atom stereocenters. The number of ketones is 1. The summed E-state index contributed by atoms with van der Waals surface area (Å²) >= 11 is 0. The molecule has 0 amide bonds. The van der Waals surface area contributed by atoms with Gasteiger partial charge in [0, 0.05) is 12.8 Å². The summed E-state index contributed by atoms with van der Waals surface area (Å²) in [4.78, 5) is 23.9. The lowest BCUT2D eigenvalue weighted by Crippen LogP contribution is -2.33. The highest BCUT2D eigenvalue weighted by molar-refractivity contribution is 6.12. The van der Waals surface area contributed by atoms with Gasteiger partial charge in [0.25, 0.3) is 0 Å². The van der Waals surface area contributed by atoms with Crippen LogP contribution in [0.5, 0.6) is 11.5 Å². The molecule has 1 aliphatic heterocycles. The fraction of sp³-hybridized carbons (Fsp3) is 0.158. The van der Waals surface area contributed by atoms with Crippen LogP contribution in [0.1, 0.15) is 27.6 Å². The van der Waals surface area contributed by atoms with Crippen LogP contribution in [-0.2, 0) is 4.74 Å². The van der Waals surface area contributed by atoms with Gasteiger partial charge in [0.05, 0.1) is 16.8 Å². The molecule has 0 bridgehead atoms. The summed E-state index contributed by atoms with van der Waals surface area (Å²) in [5.74, 6) is -1.51. The lowest BCUT2D eigenvalue weighted by atomic mass is 10.00. The zero-order valence-corrected chi connectivity index (χ0v) is 13.9. The summed E-state index contributed by atoms with van der Waals surface area (Å²) in [5, 5.41) is 21.9. The number of Topliss-reactive ketones (excluding diaryl/α,β-unsaturated/α-hetero) is 1. The molecule has 2 aromatic rings. The molecule has 0 aromatic heterocycles. The van der Waals surface area contributed by atoms with E-state index in [1.165, 1.54) is 24.4 Å². The number of aromatic carboxylic acids is 1. The van der Waals surface area contributed by atoms with Gasteiger partial charge in [-0.1, -0.05) is 18.2 Å². The minimum absolute atomic E-state index is 0.152. The fourth-order valence-corrected chi connectivity index (χ4v) is 2.60. The number of fused-ring (bicyclic) bond motifs is 1. The van der Waals surface area contributed by atoms with E-state index in [4.69, 9.17) is 14.6 Å². The SMILES string of the molecule is CCOC1Oc2ccccc2C(=O)/C1=C\Nc1cccc(C(=O)O)c1O. The predicted octanol–water partition coefficient (Wildman–Crippen LogP) is 3.02. The van der Waals surface area contributed by atoms with E-state index in [1.807, 2.05) is 0 Å². The Morgan fingerprint density at radius 3 is 2.77 bits per heavy atom. The number of ether oxygens (including phenoxy) is 2. The van der Waals surface area contributed by atoms with E-state index in [0.29, 0.717) is 17.9 Å². The van der Waals surface area contributed by atoms with Gasteiger partial charge in [-0.15, -0.1) is 0 Å². The lowest BCUT2D eigenvalue weighted by molar-refractivity contribution is -0.0509. The minimum Gasteiger partial charge on any atom is -0.505 e. The van der Waals surface area contributed by atoms with Gasteiger partial charge in [-0.2, -0.15) is 0 Å². The van der Waals surface area contributed by atoms with Crippen LogP contribution in [0, 0.1) is 0 Å². The van der Waals surface area contributed by atoms with Gasteiger partial charge in [-0.25, -0.2) is 4.79 Å². The molecule has 1 aliphatic rings. The number of anilines is 1. The van der Waals surface area contributed by atoms with Crippen LogP contribution in [-0.4, -0.2) is 34.9 Å².